The van der Waals surface area contributed by atoms with Gasteiger partial charge in [0.2, 0.25) is 11.5 Å². The number of esters is 1. The van der Waals surface area contributed by atoms with E-state index < -0.39 is 12.1 Å². The van der Waals surface area contributed by atoms with Crippen LogP contribution in [0.25, 0.3) is 10.8 Å². The SMILES string of the molecule is COc1cc(C(=O)OC(CN2CCCCC2)Cn2ncc3c(OC)c(OC)c(OC)cc3c2=O)cc(OC)c1OC.Cl. The van der Waals surface area contributed by atoms with E-state index in [9.17, 15) is 9.59 Å². The van der Waals surface area contributed by atoms with Crippen LogP contribution < -0.4 is 34.0 Å². The molecule has 3 aromatic rings. The normalized spacial score (nSPS) is 14.0. The first-order chi connectivity index (χ1) is 19.9. The van der Waals surface area contributed by atoms with Crippen molar-refractivity contribution in [2.75, 3.05) is 62.3 Å². The van der Waals surface area contributed by atoms with Crippen LogP contribution in [0, 0.1) is 0 Å². The lowest BCUT2D eigenvalue weighted by molar-refractivity contribution is 0.0121. The van der Waals surface area contributed by atoms with E-state index in [4.69, 9.17) is 33.2 Å². The van der Waals surface area contributed by atoms with Gasteiger partial charge in [-0.05, 0) is 44.1 Å². The molecule has 230 valence electrons. The second kappa shape index (κ2) is 14.8. The maximum absolute atomic E-state index is 13.6. The van der Waals surface area contributed by atoms with Gasteiger partial charge in [0, 0.05) is 6.54 Å². The Morgan fingerprint density at radius 1 is 0.762 bits per heavy atom. The van der Waals surface area contributed by atoms with Crippen molar-refractivity contribution in [3.63, 3.8) is 0 Å². The van der Waals surface area contributed by atoms with Gasteiger partial charge in [-0.2, -0.15) is 5.10 Å². The van der Waals surface area contributed by atoms with Gasteiger partial charge in [0.15, 0.2) is 23.0 Å². The van der Waals surface area contributed by atoms with Gasteiger partial charge in [-0.25, -0.2) is 9.48 Å². The van der Waals surface area contributed by atoms with Crippen LogP contribution in [0.3, 0.4) is 0 Å². The Morgan fingerprint density at radius 3 is 1.88 bits per heavy atom. The smallest absolute Gasteiger partial charge is 0.338 e. The molecular formula is C29H38ClN3O9. The molecule has 1 atom stereocenters. The number of carbonyl (C=O) groups excluding carboxylic acids is 1. The van der Waals surface area contributed by atoms with Crippen molar-refractivity contribution in [1.82, 2.24) is 14.7 Å². The van der Waals surface area contributed by atoms with E-state index in [1.54, 1.807) is 6.07 Å². The lowest BCUT2D eigenvalue weighted by Crippen LogP contribution is -2.42. The fraction of sp³-hybridized carbons (Fsp3) is 0.483. The molecule has 42 heavy (non-hydrogen) atoms. The fourth-order valence-electron chi connectivity index (χ4n) is 5.11. The molecule has 1 aromatic heterocycles. The van der Waals surface area contributed by atoms with E-state index in [-0.39, 0.29) is 30.1 Å². The summed E-state index contributed by atoms with van der Waals surface area (Å²) >= 11 is 0. The molecule has 0 N–H and O–H groups in total. The minimum Gasteiger partial charge on any atom is -0.493 e. The largest absolute Gasteiger partial charge is 0.493 e. The molecule has 1 saturated heterocycles. The summed E-state index contributed by atoms with van der Waals surface area (Å²) in [6.45, 7) is 2.24. The van der Waals surface area contributed by atoms with Crippen LogP contribution in [0.4, 0.5) is 0 Å². The molecule has 1 aliphatic heterocycles. The van der Waals surface area contributed by atoms with Crippen LogP contribution >= 0.6 is 12.4 Å². The van der Waals surface area contributed by atoms with Crippen LogP contribution in [-0.2, 0) is 11.3 Å². The Kier molecular flexibility index (Phi) is 11.5. The van der Waals surface area contributed by atoms with E-state index in [0.29, 0.717) is 51.8 Å². The number of fused-ring (bicyclic) bond motifs is 1. The van der Waals surface area contributed by atoms with Gasteiger partial charge in [0.05, 0.1) is 71.7 Å². The summed E-state index contributed by atoms with van der Waals surface area (Å²) in [5.41, 5.74) is -0.155. The standard InChI is InChI=1S/C29H37N3O9.ClH/c1-35-22-12-18(13-23(36-2)26(22)39-5)29(34)41-19(16-31-10-8-7-9-11-31)17-32-28(33)20-14-24(37-3)27(40-6)25(38-4)21(20)15-30-32;/h12-15,19H,7-11,16-17H2,1-6H3;1H. The molecule has 0 bridgehead atoms. The van der Waals surface area contributed by atoms with Gasteiger partial charge in [0.1, 0.15) is 6.10 Å². The second-order valence-corrected chi connectivity index (χ2v) is 9.54. The lowest BCUT2D eigenvalue weighted by atomic mass is 10.1. The molecule has 0 amide bonds. The van der Waals surface area contributed by atoms with E-state index in [2.05, 4.69) is 10.00 Å². The van der Waals surface area contributed by atoms with E-state index in [1.807, 2.05) is 0 Å². The number of nitrogens with zero attached hydrogens (tertiary/aromatic N) is 3. The number of hydrogen-bond acceptors (Lipinski definition) is 11. The third kappa shape index (κ3) is 6.76. The average molecular weight is 608 g/mol. The maximum Gasteiger partial charge on any atom is 0.338 e. The summed E-state index contributed by atoms with van der Waals surface area (Å²) < 4.78 is 39.9. The van der Waals surface area contributed by atoms with Gasteiger partial charge in [-0.1, -0.05) is 6.42 Å². The number of halogens is 1. The number of ether oxygens (including phenoxy) is 7. The predicted octanol–water partition coefficient (Wildman–Crippen LogP) is 3.58. The highest BCUT2D eigenvalue weighted by Gasteiger charge is 2.26. The van der Waals surface area contributed by atoms with Crippen LogP contribution in [0.2, 0.25) is 0 Å². The van der Waals surface area contributed by atoms with E-state index in [0.717, 1.165) is 32.4 Å². The van der Waals surface area contributed by atoms with Gasteiger partial charge < -0.3 is 33.2 Å². The fourth-order valence-corrected chi connectivity index (χ4v) is 5.11. The highest BCUT2D eigenvalue weighted by molar-refractivity contribution is 5.92. The van der Waals surface area contributed by atoms with Crippen LogP contribution in [0.15, 0.2) is 29.2 Å². The summed E-state index contributed by atoms with van der Waals surface area (Å²) in [6, 6.07) is 4.67. The highest BCUT2D eigenvalue weighted by Crippen LogP contribution is 2.42. The Hall–Kier alpha value is -3.90. The molecule has 4 rings (SSSR count). The number of carbonyl (C=O) groups is 1. The first kappa shape index (κ1) is 32.6. The first-order valence-corrected chi connectivity index (χ1v) is 13.3. The average Bonchev–Trinajstić information content (AvgIpc) is 3.00. The second-order valence-electron chi connectivity index (χ2n) is 9.54. The summed E-state index contributed by atoms with van der Waals surface area (Å²) in [4.78, 5) is 29.3. The van der Waals surface area contributed by atoms with E-state index in [1.165, 1.54) is 65.7 Å². The molecule has 2 heterocycles. The van der Waals surface area contributed by atoms with Gasteiger partial charge in [0.25, 0.3) is 5.56 Å². The highest BCUT2D eigenvalue weighted by atomic mass is 35.5. The predicted molar refractivity (Wildman–Crippen MR) is 158 cm³/mol. The summed E-state index contributed by atoms with van der Waals surface area (Å²) in [5.74, 6) is 1.50. The van der Waals surface area contributed by atoms with Crippen molar-refractivity contribution in [2.24, 2.45) is 0 Å². The van der Waals surface area contributed by atoms with Crippen molar-refractivity contribution >= 4 is 29.1 Å². The molecule has 1 unspecified atom stereocenters. The first-order valence-electron chi connectivity index (χ1n) is 13.3. The third-order valence-corrected chi connectivity index (χ3v) is 7.12. The number of piperidine rings is 1. The van der Waals surface area contributed by atoms with Crippen molar-refractivity contribution in [1.29, 1.82) is 0 Å². The lowest BCUT2D eigenvalue weighted by Gasteiger charge is -2.30. The molecular weight excluding hydrogens is 570 g/mol. The summed E-state index contributed by atoms with van der Waals surface area (Å²) in [7, 11) is 8.91. The van der Waals surface area contributed by atoms with Crippen molar-refractivity contribution in [2.45, 2.75) is 31.9 Å². The number of methoxy groups -OCH3 is 6. The Balaban J connectivity index is 0.00000484. The molecule has 1 fully saturated rings. The third-order valence-electron chi connectivity index (χ3n) is 7.12. The van der Waals surface area contributed by atoms with Crippen molar-refractivity contribution < 1.29 is 38.0 Å². The number of rotatable bonds is 12. The van der Waals surface area contributed by atoms with Gasteiger partial charge in [-0.3, -0.25) is 9.69 Å². The molecule has 12 nitrogen and oxygen atoms in total. The Labute approximate surface area is 250 Å². The van der Waals surface area contributed by atoms with Gasteiger partial charge >= 0.3 is 5.97 Å². The molecule has 1 aliphatic rings. The van der Waals surface area contributed by atoms with E-state index >= 15 is 0 Å². The maximum atomic E-state index is 13.6. The van der Waals surface area contributed by atoms with Gasteiger partial charge in [-0.15, -0.1) is 12.4 Å². The quantitative estimate of drug-likeness (QED) is 0.281. The number of aromatic nitrogens is 2. The minimum absolute atomic E-state index is 0. The Bertz CT molecular complexity index is 1420. The molecule has 2 aromatic carbocycles. The molecule has 0 radical (unpaired) electrons. The number of likely N-dealkylation sites (tertiary alicyclic amines) is 1. The Morgan fingerprint density at radius 2 is 1.33 bits per heavy atom. The molecule has 13 heteroatoms. The van der Waals surface area contributed by atoms with Crippen LogP contribution in [-0.4, -0.2) is 89.0 Å². The van der Waals surface area contributed by atoms with Crippen LogP contribution in [0.1, 0.15) is 29.6 Å². The minimum atomic E-state index is -0.676. The zero-order valence-corrected chi connectivity index (χ0v) is 25.6. The topological polar surface area (TPSA) is 120 Å². The number of benzene rings is 2. The summed E-state index contributed by atoms with van der Waals surface area (Å²) in [5, 5.41) is 5.21. The van der Waals surface area contributed by atoms with Crippen LogP contribution in [0.5, 0.6) is 34.5 Å². The van der Waals surface area contributed by atoms with Crippen molar-refractivity contribution in [3.8, 4) is 34.5 Å². The van der Waals surface area contributed by atoms with Crippen molar-refractivity contribution in [3.05, 3.63) is 40.3 Å². The zero-order valence-electron chi connectivity index (χ0n) is 24.8. The monoisotopic (exact) mass is 607 g/mol. The molecule has 0 spiro atoms. The summed E-state index contributed by atoms with van der Waals surface area (Å²) in [6.07, 6.45) is 4.14. The zero-order chi connectivity index (χ0) is 29.5. The number of hydrogen-bond donors (Lipinski definition) is 0. The molecule has 0 aliphatic carbocycles. The molecule has 0 saturated carbocycles.